The second-order valence-electron chi connectivity index (χ2n) is 6.90. The van der Waals surface area contributed by atoms with Gasteiger partial charge in [0.25, 0.3) is 17.7 Å². The molecule has 0 radical (unpaired) electrons. The first kappa shape index (κ1) is 14.4. The molecule has 3 amide bonds. The van der Waals surface area contributed by atoms with Gasteiger partial charge in [-0.1, -0.05) is 19.1 Å². The Balaban J connectivity index is 1.72. The van der Waals surface area contributed by atoms with Crippen LogP contribution in [0.2, 0.25) is 0 Å². The quantitative estimate of drug-likeness (QED) is 0.578. The number of ether oxygens (including phenoxy) is 1. The Morgan fingerprint density at radius 2 is 1.65 bits per heavy atom. The number of hydrogen-bond donors (Lipinski definition) is 0. The van der Waals surface area contributed by atoms with E-state index < -0.39 is 11.8 Å². The zero-order valence-electron chi connectivity index (χ0n) is 13.3. The van der Waals surface area contributed by atoms with Crippen LogP contribution in [0.3, 0.4) is 0 Å². The van der Waals surface area contributed by atoms with Gasteiger partial charge >= 0.3 is 0 Å². The molecule has 0 bridgehead atoms. The van der Waals surface area contributed by atoms with Crippen LogP contribution in [0.5, 0.6) is 0 Å². The Hall–Kier alpha value is -2.21. The molecule has 3 atom stereocenters. The summed E-state index contributed by atoms with van der Waals surface area (Å²) in [5.41, 5.74) is 0.0501. The number of imide groups is 1. The molecule has 1 aromatic carbocycles. The summed E-state index contributed by atoms with van der Waals surface area (Å²) in [6.45, 7) is 6.15. The summed E-state index contributed by atoms with van der Waals surface area (Å²) >= 11 is 0. The first-order valence-electron chi connectivity index (χ1n) is 7.78. The maximum absolute atomic E-state index is 12.7. The predicted molar refractivity (Wildman–Crippen MR) is 80.6 cm³/mol. The van der Waals surface area contributed by atoms with E-state index in [0.29, 0.717) is 17.7 Å². The van der Waals surface area contributed by atoms with Gasteiger partial charge in [-0.15, -0.1) is 0 Å². The number of fused-ring (bicyclic) bond motifs is 2. The molecule has 0 spiro atoms. The standard InChI is InChI=1S/C17H18N2O4/c1-9-8-23-17(2,3)19-12(9)13(16(19)22)18-14(20)10-6-4-5-7-11(10)15(18)21/h4-7,9,12-13H,8H2,1-3H3/t9-,12-,13-/m1/s1. The van der Waals surface area contributed by atoms with Gasteiger partial charge < -0.3 is 9.64 Å². The van der Waals surface area contributed by atoms with Crippen LogP contribution in [-0.2, 0) is 9.53 Å². The van der Waals surface area contributed by atoms with Crippen molar-refractivity contribution in [2.24, 2.45) is 5.92 Å². The SMILES string of the molecule is C[C@@H]1COC(C)(C)N2C(=O)[C@H](N3C(=O)c4ccccc4C3=O)[C@@H]12. The van der Waals surface area contributed by atoms with Crippen molar-refractivity contribution < 1.29 is 19.1 Å². The number of nitrogens with zero attached hydrogens (tertiary/aromatic N) is 2. The maximum atomic E-state index is 12.7. The van der Waals surface area contributed by atoms with Gasteiger partial charge in [0.05, 0.1) is 23.8 Å². The molecule has 0 N–H and O–H groups in total. The van der Waals surface area contributed by atoms with Crippen molar-refractivity contribution in [2.75, 3.05) is 6.61 Å². The van der Waals surface area contributed by atoms with Crippen LogP contribution in [-0.4, -0.2) is 51.9 Å². The van der Waals surface area contributed by atoms with Gasteiger partial charge in [0.15, 0.2) is 0 Å². The van der Waals surface area contributed by atoms with Crippen molar-refractivity contribution >= 4 is 17.7 Å². The third-order valence-electron chi connectivity index (χ3n) is 5.08. The first-order chi connectivity index (χ1) is 10.8. The molecule has 0 saturated carbocycles. The Kier molecular flexibility index (Phi) is 2.76. The lowest BCUT2D eigenvalue weighted by atomic mass is 9.80. The van der Waals surface area contributed by atoms with Crippen LogP contribution in [0.25, 0.3) is 0 Å². The van der Waals surface area contributed by atoms with Crippen molar-refractivity contribution in [3.05, 3.63) is 35.4 Å². The molecular weight excluding hydrogens is 296 g/mol. The maximum Gasteiger partial charge on any atom is 0.262 e. The van der Waals surface area contributed by atoms with Crippen molar-refractivity contribution in [3.8, 4) is 0 Å². The van der Waals surface area contributed by atoms with Crippen molar-refractivity contribution in [2.45, 2.75) is 38.6 Å². The highest BCUT2D eigenvalue weighted by atomic mass is 16.5. The largest absolute Gasteiger partial charge is 0.356 e. The van der Waals surface area contributed by atoms with Crippen molar-refractivity contribution in [3.63, 3.8) is 0 Å². The lowest BCUT2D eigenvalue weighted by Crippen LogP contribution is -2.80. The Morgan fingerprint density at radius 1 is 1.09 bits per heavy atom. The molecule has 4 rings (SSSR count). The fraction of sp³-hybridized carbons (Fsp3) is 0.471. The van der Waals surface area contributed by atoms with E-state index in [1.165, 1.54) is 0 Å². The van der Waals surface area contributed by atoms with Crippen LogP contribution in [0.1, 0.15) is 41.5 Å². The molecular formula is C17H18N2O4. The Bertz CT molecular complexity index is 707. The molecule has 120 valence electrons. The molecule has 6 heteroatoms. The Morgan fingerprint density at radius 3 is 2.22 bits per heavy atom. The van der Waals surface area contributed by atoms with Gasteiger partial charge in [0, 0.05) is 5.92 Å². The molecule has 23 heavy (non-hydrogen) atoms. The van der Waals surface area contributed by atoms with Gasteiger partial charge in [-0.05, 0) is 26.0 Å². The highest BCUT2D eigenvalue weighted by Gasteiger charge is 2.63. The smallest absolute Gasteiger partial charge is 0.262 e. The van der Waals surface area contributed by atoms with Crippen LogP contribution in [0, 0.1) is 5.92 Å². The third-order valence-corrected chi connectivity index (χ3v) is 5.08. The number of carbonyl (C=O) groups is 3. The summed E-state index contributed by atoms with van der Waals surface area (Å²) in [7, 11) is 0. The number of amides is 3. The molecule has 2 fully saturated rings. The zero-order chi connectivity index (χ0) is 16.5. The van der Waals surface area contributed by atoms with Gasteiger partial charge in [0.2, 0.25) is 0 Å². The van der Waals surface area contributed by atoms with Gasteiger partial charge in [-0.3, -0.25) is 19.3 Å². The average Bonchev–Trinajstić information content (AvgIpc) is 2.75. The minimum atomic E-state index is -0.722. The number of benzene rings is 1. The highest BCUT2D eigenvalue weighted by molar-refractivity contribution is 6.23. The normalized spacial score (nSPS) is 31.8. The number of hydrogen-bond acceptors (Lipinski definition) is 4. The minimum absolute atomic E-state index is 0.0648. The van der Waals surface area contributed by atoms with E-state index in [1.807, 2.05) is 20.8 Å². The van der Waals surface area contributed by atoms with Crippen LogP contribution < -0.4 is 0 Å². The lowest BCUT2D eigenvalue weighted by Gasteiger charge is -2.60. The number of β-lactam (4-membered cyclic amide) rings is 1. The van der Waals surface area contributed by atoms with E-state index in [0.717, 1.165) is 4.90 Å². The number of carbonyl (C=O) groups excluding carboxylic acids is 3. The van der Waals surface area contributed by atoms with Crippen molar-refractivity contribution in [1.82, 2.24) is 9.80 Å². The first-order valence-corrected chi connectivity index (χ1v) is 7.78. The van der Waals surface area contributed by atoms with Crippen LogP contribution in [0.15, 0.2) is 24.3 Å². The van der Waals surface area contributed by atoms with Crippen LogP contribution in [0.4, 0.5) is 0 Å². The van der Waals surface area contributed by atoms with Gasteiger partial charge in [0.1, 0.15) is 11.8 Å². The summed E-state index contributed by atoms with van der Waals surface area (Å²) in [4.78, 5) is 40.8. The van der Waals surface area contributed by atoms with Crippen molar-refractivity contribution in [1.29, 1.82) is 0 Å². The predicted octanol–water partition coefficient (Wildman–Crippen LogP) is 1.26. The summed E-state index contributed by atoms with van der Waals surface area (Å²) < 4.78 is 5.73. The molecule has 3 aliphatic rings. The average molecular weight is 314 g/mol. The second-order valence-corrected chi connectivity index (χ2v) is 6.90. The fourth-order valence-corrected chi connectivity index (χ4v) is 3.91. The molecule has 0 aromatic heterocycles. The van der Waals surface area contributed by atoms with E-state index in [9.17, 15) is 14.4 Å². The second kappa shape index (κ2) is 4.41. The lowest BCUT2D eigenvalue weighted by molar-refractivity contribution is -0.244. The third kappa shape index (κ3) is 1.69. The molecule has 3 heterocycles. The molecule has 3 aliphatic heterocycles. The van der Waals surface area contributed by atoms with E-state index >= 15 is 0 Å². The molecule has 6 nitrogen and oxygen atoms in total. The number of rotatable bonds is 1. The summed E-state index contributed by atoms with van der Waals surface area (Å²) in [6, 6.07) is 5.81. The highest BCUT2D eigenvalue weighted by Crippen LogP contribution is 2.43. The topological polar surface area (TPSA) is 66.9 Å². The van der Waals surface area contributed by atoms with E-state index in [2.05, 4.69) is 0 Å². The van der Waals surface area contributed by atoms with E-state index in [4.69, 9.17) is 4.74 Å². The van der Waals surface area contributed by atoms with Gasteiger partial charge in [-0.25, -0.2) is 0 Å². The molecule has 1 aromatic rings. The van der Waals surface area contributed by atoms with Crippen LogP contribution >= 0.6 is 0 Å². The molecule has 2 saturated heterocycles. The molecule has 0 aliphatic carbocycles. The monoisotopic (exact) mass is 314 g/mol. The fourth-order valence-electron chi connectivity index (χ4n) is 3.91. The molecule has 0 unspecified atom stereocenters. The minimum Gasteiger partial charge on any atom is -0.356 e. The van der Waals surface area contributed by atoms with E-state index in [1.54, 1.807) is 29.2 Å². The van der Waals surface area contributed by atoms with E-state index in [-0.39, 0.29) is 29.7 Å². The van der Waals surface area contributed by atoms with Gasteiger partial charge in [-0.2, -0.15) is 0 Å². The Labute approximate surface area is 134 Å². The summed E-state index contributed by atoms with van der Waals surface area (Å²) in [5.74, 6) is -0.906. The summed E-state index contributed by atoms with van der Waals surface area (Å²) in [5, 5.41) is 0. The zero-order valence-corrected chi connectivity index (χ0v) is 13.3. The summed E-state index contributed by atoms with van der Waals surface area (Å²) in [6.07, 6.45) is 0.